The predicted octanol–water partition coefficient (Wildman–Crippen LogP) is 5.82. The monoisotopic (exact) mass is 786 g/mol. The number of ether oxygens (including phenoxy) is 2. The molecule has 0 fully saturated rings. The molecule has 2 heterocycles. The van der Waals surface area contributed by atoms with Crippen molar-refractivity contribution < 1.29 is 33.8 Å². The Bertz CT molecular complexity index is 1850. The summed E-state index contributed by atoms with van der Waals surface area (Å²) >= 11 is 1.35. The van der Waals surface area contributed by atoms with Crippen LogP contribution in [-0.4, -0.2) is 76.5 Å². The van der Waals surface area contributed by atoms with Crippen LogP contribution < -0.4 is 21.3 Å². The smallest absolute Gasteiger partial charge is 0.408 e. The van der Waals surface area contributed by atoms with E-state index in [0.717, 1.165) is 27.3 Å². The summed E-state index contributed by atoms with van der Waals surface area (Å²) in [4.78, 5) is 62.4. The van der Waals surface area contributed by atoms with Gasteiger partial charge in [0, 0.05) is 24.0 Å². The molecule has 5 atom stereocenters. The number of thiazole rings is 1. The molecule has 0 bridgehead atoms. The third-order valence-corrected chi connectivity index (χ3v) is 9.91. The maximum Gasteiger partial charge on any atom is 0.408 e. The van der Waals surface area contributed by atoms with E-state index in [1.54, 1.807) is 17.9 Å². The number of rotatable bonds is 16. The van der Waals surface area contributed by atoms with Gasteiger partial charge in [-0.15, -0.1) is 11.3 Å². The second kappa shape index (κ2) is 20.0. The zero-order chi connectivity index (χ0) is 40.9. The molecule has 0 aliphatic carbocycles. The van der Waals surface area contributed by atoms with Crippen molar-refractivity contribution in [3.05, 3.63) is 107 Å². The molecule has 0 radical (unpaired) electrons. The molecule has 2 aromatic carbocycles. The van der Waals surface area contributed by atoms with Gasteiger partial charge in [-0.25, -0.2) is 9.59 Å². The van der Waals surface area contributed by atoms with Gasteiger partial charge in [-0.2, -0.15) is 0 Å². The number of aliphatic hydroxyl groups is 1. The lowest BCUT2D eigenvalue weighted by atomic mass is 9.85. The predicted molar refractivity (Wildman–Crippen MR) is 215 cm³/mol. The van der Waals surface area contributed by atoms with Crippen LogP contribution in [0.25, 0.3) is 11.3 Å². The molecule has 56 heavy (non-hydrogen) atoms. The first kappa shape index (κ1) is 43.4. The van der Waals surface area contributed by atoms with Crippen molar-refractivity contribution in [2.45, 2.75) is 97.7 Å². The largest absolute Gasteiger partial charge is 0.453 e. The van der Waals surface area contributed by atoms with E-state index in [1.165, 1.54) is 18.4 Å². The van der Waals surface area contributed by atoms with Gasteiger partial charge in [0.2, 0.25) is 11.8 Å². The molecule has 4 rings (SSSR count). The molecular formula is C42H54N6O7S. The molecule has 4 aromatic rings. The number of aliphatic hydroxyl groups excluding tert-OH is 1. The highest BCUT2D eigenvalue weighted by molar-refractivity contribution is 7.09. The minimum Gasteiger partial charge on any atom is -0.453 e. The van der Waals surface area contributed by atoms with Gasteiger partial charge in [-0.3, -0.25) is 19.6 Å². The highest BCUT2D eigenvalue weighted by Crippen LogP contribution is 2.24. The third kappa shape index (κ3) is 13.4. The maximum absolute atomic E-state index is 14.1. The van der Waals surface area contributed by atoms with Crippen LogP contribution in [0.4, 0.5) is 9.59 Å². The zero-order valence-corrected chi connectivity index (χ0v) is 33.9. The summed E-state index contributed by atoms with van der Waals surface area (Å²) in [6.45, 7) is 11.0. The lowest BCUT2D eigenvalue weighted by Crippen LogP contribution is -2.59. The molecule has 5 unspecified atom stereocenters. The molecular weight excluding hydrogens is 733 g/mol. The fraction of sp³-hybridized carbons (Fsp3) is 0.429. The first-order valence-corrected chi connectivity index (χ1v) is 19.4. The van der Waals surface area contributed by atoms with Crippen molar-refractivity contribution >= 4 is 35.3 Å². The molecule has 0 saturated carbocycles. The minimum atomic E-state index is -1.17. The summed E-state index contributed by atoms with van der Waals surface area (Å²) in [7, 11) is 1.23. The van der Waals surface area contributed by atoms with Gasteiger partial charge in [0.25, 0.3) is 0 Å². The molecule has 5 N–H and O–H groups in total. The van der Waals surface area contributed by atoms with Crippen molar-refractivity contribution in [3.63, 3.8) is 0 Å². The van der Waals surface area contributed by atoms with E-state index in [4.69, 9.17) is 9.47 Å². The number of carbonyl (C=O) groups is 4. The van der Waals surface area contributed by atoms with E-state index in [-0.39, 0.29) is 19.4 Å². The van der Waals surface area contributed by atoms with Gasteiger partial charge >= 0.3 is 12.2 Å². The Labute approximate surface area is 333 Å². The van der Waals surface area contributed by atoms with Crippen LogP contribution in [-0.2, 0) is 38.5 Å². The number of hydrogen-bond acceptors (Lipinski definition) is 10. The first-order valence-electron chi connectivity index (χ1n) is 18.5. The van der Waals surface area contributed by atoms with Crippen molar-refractivity contribution in [3.8, 4) is 11.3 Å². The topological polar surface area (TPSA) is 181 Å². The molecule has 4 amide bonds. The number of nitrogens with zero attached hydrogens (tertiary/aromatic N) is 2. The molecule has 0 aliphatic heterocycles. The lowest BCUT2D eigenvalue weighted by molar-refractivity contribution is -0.128. The van der Waals surface area contributed by atoms with Crippen molar-refractivity contribution in [2.75, 3.05) is 7.11 Å². The van der Waals surface area contributed by atoms with Gasteiger partial charge in [0.1, 0.15) is 18.7 Å². The van der Waals surface area contributed by atoms with E-state index in [9.17, 15) is 24.3 Å². The molecule has 0 aliphatic rings. The number of methoxy groups -OCH3 is 1. The minimum absolute atomic E-state index is 0.00846. The van der Waals surface area contributed by atoms with E-state index in [2.05, 4.69) is 31.2 Å². The molecule has 300 valence electrons. The summed E-state index contributed by atoms with van der Waals surface area (Å²) in [6.07, 6.45) is 1.26. The number of amides is 4. The van der Waals surface area contributed by atoms with Crippen molar-refractivity contribution in [1.82, 2.24) is 31.2 Å². The maximum atomic E-state index is 14.1. The Kier molecular flexibility index (Phi) is 15.5. The van der Waals surface area contributed by atoms with Gasteiger partial charge in [-0.1, -0.05) is 102 Å². The highest BCUT2D eigenvalue weighted by atomic mass is 32.1. The number of alkyl carbamates (subject to hydrolysis) is 2. The average molecular weight is 787 g/mol. The van der Waals surface area contributed by atoms with Crippen LogP contribution in [0.1, 0.15) is 64.0 Å². The molecule has 0 spiro atoms. The Morgan fingerprint density at radius 3 is 1.93 bits per heavy atom. The van der Waals surface area contributed by atoms with E-state index < -0.39 is 65.1 Å². The zero-order valence-electron chi connectivity index (χ0n) is 33.1. The molecule has 13 nitrogen and oxygen atoms in total. The van der Waals surface area contributed by atoms with Crippen LogP contribution in [0.3, 0.4) is 0 Å². The van der Waals surface area contributed by atoms with E-state index >= 15 is 0 Å². The van der Waals surface area contributed by atoms with Crippen LogP contribution in [0, 0.1) is 10.8 Å². The quantitative estimate of drug-likeness (QED) is 0.0935. The van der Waals surface area contributed by atoms with Gasteiger partial charge < -0.3 is 35.8 Å². The number of pyridine rings is 1. The number of nitrogens with one attached hydrogen (secondary N) is 4. The Morgan fingerprint density at radius 2 is 1.36 bits per heavy atom. The summed E-state index contributed by atoms with van der Waals surface area (Å²) in [5, 5.41) is 23.5. The highest BCUT2D eigenvalue weighted by Gasteiger charge is 2.37. The normalized spacial score (nSPS) is 14.3. The van der Waals surface area contributed by atoms with Crippen LogP contribution in [0.5, 0.6) is 0 Å². The summed E-state index contributed by atoms with van der Waals surface area (Å²) in [5.41, 5.74) is 3.70. The van der Waals surface area contributed by atoms with E-state index in [1.807, 2.05) is 114 Å². The average Bonchev–Trinajstić information content (AvgIpc) is 3.68. The Hall–Kier alpha value is -5.34. The summed E-state index contributed by atoms with van der Waals surface area (Å²) < 4.78 is 10.2. The van der Waals surface area contributed by atoms with Crippen LogP contribution in [0.2, 0.25) is 0 Å². The van der Waals surface area contributed by atoms with Crippen LogP contribution >= 0.6 is 11.3 Å². The lowest BCUT2D eigenvalue weighted by Gasteiger charge is -2.34. The number of benzene rings is 2. The first-order chi connectivity index (χ1) is 26.5. The Morgan fingerprint density at radius 1 is 0.750 bits per heavy atom. The van der Waals surface area contributed by atoms with Crippen molar-refractivity contribution in [1.29, 1.82) is 0 Å². The standard InChI is InChI=1S/C42H54N6O7S/c1-41(2,3)35(47-39(52)54-7)37(50)45-30(21-28-16-18-29(19-17-28)32-15-11-12-20-44-32)23-34(49)33(22-27-13-9-8-10-14-27)46-38(51)36(42(4,5)6)48-40(53)55-25-31-24-43-26-56-31/h8-20,24,26,30,33-36,49H,21-23,25H2,1-7H3,(H,45,50)(H,46,51)(H,47,52)(H,48,53). The number of hydrogen-bond donors (Lipinski definition) is 5. The Balaban J connectivity index is 1.60. The van der Waals surface area contributed by atoms with Crippen molar-refractivity contribution in [2.24, 2.45) is 10.8 Å². The second-order valence-electron chi connectivity index (χ2n) is 15.9. The number of aromatic nitrogens is 2. The summed E-state index contributed by atoms with van der Waals surface area (Å²) in [6, 6.07) is 19.4. The summed E-state index contributed by atoms with van der Waals surface area (Å²) in [5.74, 6) is -0.962. The second-order valence-corrected chi connectivity index (χ2v) is 16.8. The SMILES string of the molecule is COC(=O)NC(C(=O)NC(Cc1ccc(-c2ccccn2)cc1)CC(O)C(Cc1ccccc1)NC(=O)C(NC(=O)OCc1cncs1)C(C)(C)C)C(C)(C)C. The molecule has 0 saturated heterocycles. The van der Waals surface area contributed by atoms with E-state index in [0.29, 0.717) is 6.42 Å². The fourth-order valence-corrected chi connectivity index (χ4v) is 6.62. The van der Waals surface area contributed by atoms with Crippen LogP contribution in [0.15, 0.2) is 90.7 Å². The third-order valence-electron chi connectivity index (χ3n) is 9.15. The number of carbonyl (C=O) groups excluding carboxylic acids is 4. The molecule has 14 heteroatoms. The van der Waals surface area contributed by atoms with Gasteiger partial charge in [-0.05, 0) is 53.4 Å². The molecule has 2 aromatic heterocycles. The van der Waals surface area contributed by atoms with Gasteiger partial charge in [0.05, 0.1) is 35.3 Å². The fourth-order valence-electron chi connectivity index (χ4n) is 6.12. The van der Waals surface area contributed by atoms with Gasteiger partial charge in [0.15, 0.2) is 0 Å².